The summed E-state index contributed by atoms with van der Waals surface area (Å²) in [6.45, 7) is -0.420. The third-order valence-corrected chi connectivity index (χ3v) is 5.14. The lowest BCUT2D eigenvalue weighted by Crippen LogP contribution is -2.64. The number of ether oxygens (including phenoxy) is 6. The number of carboxylic acid groups (broad SMARTS) is 2. The molecule has 10 unspecified atom stereocenters. The van der Waals surface area contributed by atoms with Gasteiger partial charge in [0.1, 0.15) is 62.0 Å². The van der Waals surface area contributed by atoms with Gasteiger partial charge in [-0.15, -0.1) is 0 Å². The number of carboxylic acids is 2. The minimum absolute atomic E-state index is 0.316. The molecule has 6 N–H and O–H groups in total. The Bertz CT molecular complexity index is 616. The maximum absolute atomic E-state index is 10.7. The summed E-state index contributed by atoms with van der Waals surface area (Å²) in [6.07, 6.45) is -13.0. The van der Waals surface area contributed by atoms with E-state index < -0.39 is 86.4 Å². The first-order valence-corrected chi connectivity index (χ1v) is 9.87. The van der Waals surface area contributed by atoms with Crippen molar-refractivity contribution in [3.63, 3.8) is 0 Å². The Kier molecular flexibility index (Phi) is 10.2. The summed E-state index contributed by atoms with van der Waals surface area (Å²) >= 11 is 0. The first-order chi connectivity index (χ1) is 15.1. The van der Waals surface area contributed by atoms with Crippen molar-refractivity contribution in [2.24, 2.45) is 0 Å². The molecule has 2 aliphatic heterocycles. The summed E-state index contributed by atoms with van der Waals surface area (Å²) in [5.74, 6) is -2.45. The molecule has 10 atom stereocenters. The van der Waals surface area contributed by atoms with Gasteiger partial charge >= 0.3 is 11.9 Å². The van der Waals surface area contributed by atoms with Gasteiger partial charge in [0.05, 0.1) is 19.3 Å². The normalized spacial score (nSPS) is 40.2. The Balaban J connectivity index is 2.13. The molecule has 0 aliphatic carbocycles. The van der Waals surface area contributed by atoms with Gasteiger partial charge in [0.15, 0.2) is 6.29 Å². The van der Waals surface area contributed by atoms with Gasteiger partial charge in [-0.25, -0.2) is 9.59 Å². The van der Waals surface area contributed by atoms with Gasteiger partial charge in [0.2, 0.25) is 0 Å². The molecule has 0 amide bonds. The fraction of sp³-hybridized carbons (Fsp3) is 0.889. The highest BCUT2D eigenvalue weighted by Gasteiger charge is 2.50. The van der Waals surface area contributed by atoms with Crippen LogP contribution in [0.4, 0.5) is 0 Å². The number of methoxy groups -OCH3 is 1. The first kappa shape index (κ1) is 26.8. The zero-order valence-electron chi connectivity index (χ0n) is 17.6. The van der Waals surface area contributed by atoms with Crippen LogP contribution in [0.15, 0.2) is 0 Å². The molecule has 0 bridgehead atoms. The molecule has 0 spiro atoms. The lowest BCUT2D eigenvalue weighted by molar-refractivity contribution is -0.344. The molecular weight excluding hydrogens is 440 g/mol. The lowest BCUT2D eigenvalue weighted by atomic mass is 9.95. The summed E-state index contributed by atoms with van der Waals surface area (Å²) in [5.41, 5.74) is 0. The van der Waals surface area contributed by atoms with E-state index in [1.165, 1.54) is 14.0 Å². The van der Waals surface area contributed by atoms with E-state index in [0.717, 1.165) is 0 Å². The molecular formula is C18H30O14. The fourth-order valence-electron chi connectivity index (χ4n) is 3.55. The number of aliphatic hydroxyl groups excluding tert-OH is 4. The van der Waals surface area contributed by atoms with Crippen molar-refractivity contribution in [1.29, 1.82) is 0 Å². The maximum atomic E-state index is 10.7. The molecule has 186 valence electrons. The third-order valence-electron chi connectivity index (χ3n) is 5.14. The molecule has 2 saturated heterocycles. The standard InChI is InChI=1S/C18H30O14/c1-7-12(23)13(24)17(9(30-7)4-29-6-11(21)22)32-18-15(26)14(25)16(27-2)8(31-18)3-28-5-10(19)20/h7-9,12-18,23-26H,3-6H2,1-2H3,(H,19,20)(H,21,22). The van der Waals surface area contributed by atoms with Crippen LogP contribution in [0, 0.1) is 0 Å². The monoisotopic (exact) mass is 470 g/mol. The average molecular weight is 470 g/mol. The Labute approximate surface area is 183 Å². The SMILES string of the molecule is COC1C(COCC(=O)O)OC(OC2C(COCC(=O)O)OC(C)C(O)C2O)C(O)C1O. The van der Waals surface area contributed by atoms with Crippen LogP contribution in [-0.4, -0.2) is 137 Å². The fourth-order valence-corrected chi connectivity index (χ4v) is 3.55. The molecule has 2 heterocycles. The second kappa shape index (κ2) is 12.1. The molecule has 0 saturated carbocycles. The summed E-state index contributed by atoms with van der Waals surface area (Å²) < 4.78 is 31.9. The molecule has 0 aromatic rings. The summed E-state index contributed by atoms with van der Waals surface area (Å²) in [6, 6.07) is 0. The van der Waals surface area contributed by atoms with Crippen molar-refractivity contribution in [1.82, 2.24) is 0 Å². The molecule has 0 aromatic heterocycles. The van der Waals surface area contributed by atoms with Crippen molar-refractivity contribution in [3.05, 3.63) is 0 Å². The number of aliphatic hydroxyl groups is 4. The van der Waals surface area contributed by atoms with Crippen LogP contribution in [0.3, 0.4) is 0 Å². The van der Waals surface area contributed by atoms with Gasteiger partial charge in [-0.1, -0.05) is 0 Å². The van der Waals surface area contributed by atoms with Crippen LogP contribution in [0.5, 0.6) is 0 Å². The highest BCUT2D eigenvalue weighted by Crippen LogP contribution is 2.30. The molecule has 0 radical (unpaired) electrons. The van der Waals surface area contributed by atoms with E-state index >= 15 is 0 Å². The molecule has 14 nitrogen and oxygen atoms in total. The summed E-state index contributed by atoms with van der Waals surface area (Å²) in [7, 11) is 1.25. The minimum Gasteiger partial charge on any atom is -0.480 e. The quantitative estimate of drug-likeness (QED) is 0.173. The van der Waals surface area contributed by atoms with Crippen LogP contribution < -0.4 is 0 Å². The van der Waals surface area contributed by atoms with Gasteiger partial charge in [0, 0.05) is 7.11 Å². The number of hydrogen-bond acceptors (Lipinski definition) is 12. The Hall–Kier alpha value is -1.46. The van der Waals surface area contributed by atoms with Crippen molar-refractivity contribution >= 4 is 11.9 Å². The van der Waals surface area contributed by atoms with Crippen LogP contribution in [-0.2, 0) is 38.0 Å². The van der Waals surface area contributed by atoms with E-state index in [1.54, 1.807) is 0 Å². The molecule has 2 aliphatic rings. The van der Waals surface area contributed by atoms with E-state index in [4.69, 9.17) is 38.6 Å². The highest BCUT2D eigenvalue weighted by molar-refractivity contribution is 5.68. The largest absolute Gasteiger partial charge is 0.480 e. The van der Waals surface area contributed by atoms with Crippen molar-refractivity contribution < 1.29 is 68.6 Å². The lowest BCUT2D eigenvalue weighted by Gasteiger charge is -2.46. The van der Waals surface area contributed by atoms with E-state index in [9.17, 15) is 30.0 Å². The van der Waals surface area contributed by atoms with E-state index in [2.05, 4.69) is 0 Å². The Morgan fingerprint density at radius 2 is 1.28 bits per heavy atom. The number of rotatable bonds is 11. The third kappa shape index (κ3) is 6.77. The Morgan fingerprint density at radius 3 is 1.78 bits per heavy atom. The van der Waals surface area contributed by atoms with Crippen LogP contribution in [0.25, 0.3) is 0 Å². The molecule has 14 heteroatoms. The van der Waals surface area contributed by atoms with Crippen molar-refractivity contribution in [2.45, 2.75) is 68.1 Å². The van der Waals surface area contributed by atoms with Crippen LogP contribution in [0.2, 0.25) is 0 Å². The second-order valence-electron chi connectivity index (χ2n) is 7.50. The molecule has 2 fully saturated rings. The number of aliphatic carboxylic acids is 2. The van der Waals surface area contributed by atoms with Gasteiger partial charge in [-0.3, -0.25) is 0 Å². The second-order valence-corrected chi connectivity index (χ2v) is 7.50. The summed E-state index contributed by atoms with van der Waals surface area (Å²) in [4.78, 5) is 21.4. The van der Waals surface area contributed by atoms with Crippen LogP contribution >= 0.6 is 0 Å². The number of carbonyl (C=O) groups is 2. The minimum atomic E-state index is -1.65. The van der Waals surface area contributed by atoms with E-state index in [0.29, 0.717) is 0 Å². The predicted octanol–water partition coefficient (Wildman–Crippen LogP) is -3.46. The molecule has 2 rings (SSSR count). The maximum Gasteiger partial charge on any atom is 0.329 e. The predicted molar refractivity (Wildman–Crippen MR) is 99.6 cm³/mol. The average Bonchev–Trinajstić information content (AvgIpc) is 2.72. The summed E-state index contributed by atoms with van der Waals surface area (Å²) in [5, 5.41) is 58.9. The van der Waals surface area contributed by atoms with E-state index in [-0.39, 0.29) is 13.2 Å². The molecule has 0 aromatic carbocycles. The van der Waals surface area contributed by atoms with Crippen LogP contribution in [0.1, 0.15) is 6.92 Å². The zero-order chi connectivity index (χ0) is 24.0. The van der Waals surface area contributed by atoms with Gasteiger partial charge in [-0.2, -0.15) is 0 Å². The van der Waals surface area contributed by atoms with Gasteiger partial charge in [0.25, 0.3) is 0 Å². The van der Waals surface area contributed by atoms with E-state index in [1.807, 2.05) is 0 Å². The smallest absolute Gasteiger partial charge is 0.329 e. The first-order valence-electron chi connectivity index (χ1n) is 9.87. The number of hydrogen-bond donors (Lipinski definition) is 6. The topological polar surface area (TPSA) is 211 Å². The van der Waals surface area contributed by atoms with Gasteiger partial charge < -0.3 is 59.1 Å². The van der Waals surface area contributed by atoms with Gasteiger partial charge in [-0.05, 0) is 6.92 Å². The highest BCUT2D eigenvalue weighted by atomic mass is 16.7. The van der Waals surface area contributed by atoms with Crippen molar-refractivity contribution in [2.75, 3.05) is 33.5 Å². The Morgan fingerprint density at radius 1 is 0.781 bits per heavy atom. The molecule has 32 heavy (non-hydrogen) atoms. The zero-order valence-corrected chi connectivity index (χ0v) is 17.6. The van der Waals surface area contributed by atoms with Crippen molar-refractivity contribution in [3.8, 4) is 0 Å².